The molecule has 0 aliphatic rings. The number of aromatic amines is 1. The maximum atomic E-state index is 14.0. The van der Waals surface area contributed by atoms with Gasteiger partial charge in [-0.2, -0.15) is 0 Å². The van der Waals surface area contributed by atoms with Crippen molar-refractivity contribution < 1.29 is 23.8 Å². The number of imidazole rings is 1. The Morgan fingerprint density at radius 2 is 2.00 bits per heavy atom. The van der Waals surface area contributed by atoms with E-state index in [-0.39, 0.29) is 22.8 Å². The zero-order valence-corrected chi connectivity index (χ0v) is 16.5. The lowest BCUT2D eigenvalue weighted by atomic mass is 10.2. The number of ether oxygens (including phenoxy) is 2. The number of hydrogen-bond acceptors (Lipinski definition) is 4. The van der Waals surface area contributed by atoms with Gasteiger partial charge >= 0.3 is 5.97 Å². The first-order chi connectivity index (χ1) is 14.5. The van der Waals surface area contributed by atoms with Crippen LogP contribution in [0.4, 0.5) is 4.39 Å². The zero-order valence-electron chi connectivity index (χ0n) is 15.8. The molecule has 0 aliphatic carbocycles. The number of benzene rings is 3. The summed E-state index contributed by atoms with van der Waals surface area (Å²) in [6, 6.07) is 14.3. The van der Waals surface area contributed by atoms with E-state index < -0.39 is 11.8 Å². The minimum atomic E-state index is -1.01. The Hall–Kier alpha value is -3.58. The molecule has 0 bridgehead atoms. The second kappa shape index (κ2) is 8.04. The molecule has 0 saturated heterocycles. The molecule has 6 nitrogen and oxygen atoms in total. The summed E-state index contributed by atoms with van der Waals surface area (Å²) in [7, 11) is 1.50. The number of methoxy groups -OCH3 is 1. The molecule has 8 heteroatoms. The highest BCUT2D eigenvalue weighted by Crippen LogP contribution is 2.33. The Kier molecular flexibility index (Phi) is 5.29. The Labute approximate surface area is 175 Å². The number of aromatic nitrogens is 2. The van der Waals surface area contributed by atoms with Gasteiger partial charge in [-0.1, -0.05) is 17.7 Å². The van der Waals surface area contributed by atoms with E-state index in [0.29, 0.717) is 28.4 Å². The average Bonchev–Trinajstić information content (AvgIpc) is 3.16. The van der Waals surface area contributed by atoms with Crippen molar-refractivity contribution in [3.05, 3.63) is 76.6 Å². The predicted molar refractivity (Wildman–Crippen MR) is 111 cm³/mol. The van der Waals surface area contributed by atoms with Crippen LogP contribution in [0, 0.1) is 5.82 Å². The van der Waals surface area contributed by atoms with Gasteiger partial charge in [0.15, 0.2) is 11.5 Å². The third-order valence-corrected chi connectivity index (χ3v) is 4.95. The fraction of sp³-hybridized carbons (Fsp3) is 0.0909. The lowest BCUT2D eigenvalue weighted by Gasteiger charge is -2.13. The van der Waals surface area contributed by atoms with Gasteiger partial charge in [0.2, 0.25) is 0 Å². The molecular weight excluding hydrogens is 411 g/mol. The highest BCUT2D eigenvalue weighted by molar-refractivity contribution is 6.31. The van der Waals surface area contributed by atoms with Crippen LogP contribution in [0.15, 0.2) is 54.6 Å². The van der Waals surface area contributed by atoms with Crippen molar-refractivity contribution in [2.45, 2.75) is 6.61 Å². The molecule has 0 aliphatic heterocycles. The maximum Gasteiger partial charge on any atom is 0.335 e. The van der Waals surface area contributed by atoms with E-state index in [9.17, 15) is 9.18 Å². The van der Waals surface area contributed by atoms with Crippen molar-refractivity contribution in [2.75, 3.05) is 7.11 Å². The largest absolute Gasteiger partial charge is 0.493 e. The smallest absolute Gasteiger partial charge is 0.335 e. The van der Waals surface area contributed by atoms with Crippen molar-refractivity contribution >= 4 is 28.6 Å². The van der Waals surface area contributed by atoms with E-state index in [1.165, 1.54) is 31.4 Å². The van der Waals surface area contributed by atoms with Crippen LogP contribution in [-0.4, -0.2) is 28.2 Å². The van der Waals surface area contributed by atoms with Gasteiger partial charge in [-0.25, -0.2) is 14.2 Å². The van der Waals surface area contributed by atoms with Crippen molar-refractivity contribution in [1.29, 1.82) is 0 Å². The highest BCUT2D eigenvalue weighted by atomic mass is 35.5. The quantitative estimate of drug-likeness (QED) is 0.436. The Morgan fingerprint density at radius 1 is 1.17 bits per heavy atom. The van der Waals surface area contributed by atoms with E-state index in [0.717, 1.165) is 5.56 Å². The lowest BCUT2D eigenvalue weighted by Crippen LogP contribution is -2.01. The number of carboxylic acid groups (broad SMARTS) is 1. The number of nitrogens with one attached hydrogen (secondary N) is 1. The minimum Gasteiger partial charge on any atom is -0.493 e. The summed E-state index contributed by atoms with van der Waals surface area (Å²) in [5.74, 6) is -0.0432. The normalized spacial score (nSPS) is 10.9. The van der Waals surface area contributed by atoms with Crippen LogP contribution < -0.4 is 9.47 Å². The van der Waals surface area contributed by atoms with E-state index in [1.54, 1.807) is 30.3 Å². The average molecular weight is 427 g/mol. The molecule has 0 radical (unpaired) electrons. The molecule has 1 heterocycles. The van der Waals surface area contributed by atoms with Gasteiger partial charge in [-0.05, 0) is 48.5 Å². The summed E-state index contributed by atoms with van der Waals surface area (Å²) in [6.07, 6.45) is 0. The number of halogens is 2. The Morgan fingerprint density at radius 3 is 2.73 bits per heavy atom. The monoisotopic (exact) mass is 426 g/mol. The molecule has 2 N–H and O–H groups in total. The van der Waals surface area contributed by atoms with Crippen LogP contribution >= 0.6 is 11.6 Å². The lowest BCUT2D eigenvalue weighted by molar-refractivity contribution is 0.0697. The van der Waals surface area contributed by atoms with Gasteiger partial charge in [-0.3, -0.25) is 0 Å². The molecule has 1 aromatic heterocycles. The standard InChI is InChI=1S/C22H16ClFN2O4/c1-29-20-10-12(21-25-17-7-5-13(22(27)28)9-18(17)26-21)6-8-19(20)30-11-14-15(23)3-2-4-16(14)24/h2-10H,11H2,1H3,(H,25,26)(H,27,28). The van der Waals surface area contributed by atoms with E-state index >= 15 is 0 Å². The zero-order chi connectivity index (χ0) is 21.3. The van der Waals surface area contributed by atoms with E-state index in [1.807, 2.05) is 0 Å². The van der Waals surface area contributed by atoms with E-state index in [2.05, 4.69) is 9.97 Å². The van der Waals surface area contributed by atoms with Crippen LogP contribution in [0.5, 0.6) is 11.5 Å². The maximum absolute atomic E-state index is 14.0. The summed E-state index contributed by atoms with van der Waals surface area (Å²) in [5, 5.41) is 9.42. The number of hydrogen-bond donors (Lipinski definition) is 2. The topological polar surface area (TPSA) is 84.4 Å². The molecule has 0 spiro atoms. The SMILES string of the molecule is COc1cc(-c2nc3ccc(C(=O)O)cc3[nH]2)ccc1OCc1c(F)cccc1Cl. The summed E-state index contributed by atoms with van der Waals surface area (Å²) >= 11 is 6.04. The molecule has 0 fully saturated rings. The molecule has 4 aromatic rings. The van der Waals surface area contributed by atoms with Crippen molar-refractivity contribution in [3.63, 3.8) is 0 Å². The van der Waals surface area contributed by atoms with Crippen molar-refractivity contribution in [2.24, 2.45) is 0 Å². The van der Waals surface area contributed by atoms with Crippen LogP contribution in [-0.2, 0) is 6.61 Å². The molecule has 0 atom stereocenters. The highest BCUT2D eigenvalue weighted by Gasteiger charge is 2.14. The molecular formula is C22H16ClFN2O4. The van der Waals surface area contributed by atoms with Crippen molar-refractivity contribution in [3.8, 4) is 22.9 Å². The van der Waals surface area contributed by atoms with Crippen LogP contribution in [0.25, 0.3) is 22.4 Å². The minimum absolute atomic E-state index is 0.0518. The first-order valence-electron chi connectivity index (χ1n) is 8.93. The fourth-order valence-corrected chi connectivity index (χ4v) is 3.25. The first kappa shape index (κ1) is 19.7. The summed E-state index contributed by atoms with van der Waals surface area (Å²) in [5.41, 5.74) is 2.40. The van der Waals surface area contributed by atoms with Gasteiger partial charge in [-0.15, -0.1) is 0 Å². The molecule has 4 rings (SSSR count). The fourth-order valence-electron chi connectivity index (χ4n) is 3.03. The molecule has 30 heavy (non-hydrogen) atoms. The number of rotatable bonds is 6. The van der Waals surface area contributed by atoms with E-state index in [4.69, 9.17) is 26.2 Å². The number of H-pyrrole nitrogens is 1. The number of carbonyl (C=O) groups is 1. The molecule has 152 valence electrons. The first-order valence-corrected chi connectivity index (χ1v) is 9.31. The summed E-state index contributed by atoms with van der Waals surface area (Å²) in [4.78, 5) is 18.8. The Bertz CT molecular complexity index is 1240. The van der Waals surface area contributed by atoms with Gasteiger partial charge in [0.05, 0.1) is 28.7 Å². The number of nitrogens with zero attached hydrogens (tertiary/aromatic N) is 1. The number of aromatic carboxylic acids is 1. The molecule has 3 aromatic carbocycles. The number of fused-ring (bicyclic) bond motifs is 1. The molecule has 0 unspecified atom stereocenters. The third kappa shape index (κ3) is 3.79. The van der Waals surface area contributed by atoms with Gasteiger partial charge in [0, 0.05) is 11.1 Å². The summed E-state index contributed by atoms with van der Waals surface area (Å²) in [6.45, 7) is -0.0518. The van der Waals surface area contributed by atoms with Gasteiger partial charge < -0.3 is 19.6 Å². The predicted octanol–water partition coefficient (Wildman–Crippen LogP) is 5.31. The second-order valence-electron chi connectivity index (χ2n) is 6.48. The van der Waals surface area contributed by atoms with Crippen LogP contribution in [0.2, 0.25) is 5.02 Å². The van der Waals surface area contributed by atoms with Gasteiger partial charge in [0.1, 0.15) is 18.2 Å². The Balaban J connectivity index is 1.62. The second-order valence-corrected chi connectivity index (χ2v) is 6.88. The summed E-state index contributed by atoms with van der Waals surface area (Å²) < 4.78 is 25.1. The third-order valence-electron chi connectivity index (χ3n) is 4.60. The number of carboxylic acids is 1. The van der Waals surface area contributed by atoms with Crippen LogP contribution in [0.3, 0.4) is 0 Å². The molecule has 0 saturated carbocycles. The molecule has 0 amide bonds. The van der Waals surface area contributed by atoms with Gasteiger partial charge in [0.25, 0.3) is 0 Å². The van der Waals surface area contributed by atoms with Crippen LogP contribution in [0.1, 0.15) is 15.9 Å². The van der Waals surface area contributed by atoms with Crippen molar-refractivity contribution in [1.82, 2.24) is 9.97 Å².